The van der Waals surface area contributed by atoms with Crippen LogP contribution in [-0.4, -0.2) is 27.5 Å². The van der Waals surface area contributed by atoms with E-state index in [1.807, 2.05) is 18.2 Å². The van der Waals surface area contributed by atoms with Crippen molar-refractivity contribution in [3.05, 3.63) is 77.4 Å². The standard InChI is InChI=1S/C31H33FN4O3/c32-24-12-22(34-29(38)30-13-20-15-31(39,17-30)16-21(20)14-30)6-7-23(24)26-9-4-18-11-19(5-8-25(18)35-26)28(37)36-27-3-1-2-10-33-27/h1-3,5-8,10,12,18,20-21,26,35,39H,4,9,11,13-17H2,(H,34,38)(H,33,36,37)/t18?,20-,21?,26+,30?,31?/m1/s1. The van der Waals surface area contributed by atoms with E-state index in [1.165, 1.54) is 6.07 Å². The zero-order chi connectivity index (χ0) is 26.8. The van der Waals surface area contributed by atoms with Gasteiger partial charge in [-0.25, -0.2) is 9.37 Å². The average molecular weight is 529 g/mol. The first-order chi connectivity index (χ1) is 18.8. The van der Waals surface area contributed by atoms with Crippen LogP contribution >= 0.6 is 0 Å². The number of nitrogens with zero attached hydrogens (tertiary/aromatic N) is 1. The lowest BCUT2D eigenvalue weighted by atomic mass is 9.66. The molecule has 7 nitrogen and oxygen atoms in total. The van der Waals surface area contributed by atoms with Crippen molar-refractivity contribution in [1.29, 1.82) is 0 Å². The van der Waals surface area contributed by atoms with Crippen molar-refractivity contribution in [3.8, 4) is 0 Å². The summed E-state index contributed by atoms with van der Waals surface area (Å²) in [5.41, 5.74) is 1.53. The second-order valence-electron chi connectivity index (χ2n) is 12.4. The first-order valence-corrected chi connectivity index (χ1v) is 14.0. The molecule has 39 heavy (non-hydrogen) atoms. The Morgan fingerprint density at radius 3 is 2.56 bits per heavy atom. The molecule has 2 heterocycles. The number of pyridine rings is 1. The van der Waals surface area contributed by atoms with Crippen molar-refractivity contribution in [2.75, 3.05) is 10.6 Å². The number of carbonyl (C=O) groups excluding carboxylic acids is 2. The number of fused-ring (bicyclic) bond motifs is 1. The number of rotatable bonds is 5. The molecule has 4 saturated carbocycles. The van der Waals surface area contributed by atoms with Crippen LogP contribution in [0.4, 0.5) is 15.9 Å². The summed E-state index contributed by atoms with van der Waals surface area (Å²) in [6.07, 6.45) is 11.4. The van der Waals surface area contributed by atoms with Crippen LogP contribution in [0.3, 0.4) is 0 Å². The van der Waals surface area contributed by atoms with Gasteiger partial charge in [0, 0.05) is 34.6 Å². The molecule has 202 valence electrons. The minimum absolute atomic E-state index is 0.0827. The van der Waals surface area contributed by atoms with Gasteiger partial charge in [0.2, 0.25) is 5.91 Å². The number of hydrogen-bond donors (Lipinski definition) is 4. The maximum atomic E-state index is 15.3. The average Bonchev–Trinajstić information content (AvgIpc) is 3.31. The van der Waals surface area contributed by atoms with Crippen molar-refractivity contribution < 1.29 is 19.1 Å². The lowest BCUT2D eigenvalue weighted by Crippen LogP contribution is -2.46. The van der Waals surface area contributed by atoms with Crippen molar-refractivity contribution >= 4 is 23.3 Å². The van der Waals surface area contributed by atoms with Crippen molar-refractivity contribution in [2.45, 2.75) is 63.0 Å². The molecule has 8 heteroatoms. The zero-order valence-corrected chi connectivity index (χ0v) is 21.8. The molecule has 6 aliphatic rings. The van der Waals surface area contributed by atoms with Crippen LogP contribution in [-0.2, 0) is 9.59 Å². The van der Waals surface area contributed by atoms with E-state index in [0.29, 0.717) is 47.3 Å². The van der Waals surface area contributed by atoms with Crippen LogP contribution in [0.25, 0.3) is 0 Å². The van der Waals surface area contributed by atoms with E-state index in [2.05, 4.69) is 20.9 Å². The van der Waals surface area contributed by atoms with E-state index >= 15 is 4.39 Å². The first-order valence-electron chi connectivity index (χ1n) is 14.0. The molecular formula is C31H33FN4O3. The van der Waals surface area contributed by atoms with Gasteiger partial charge < -0.3 is 21.1 Å². The molecule has 1 aromatic heterocycles. The van der Waals surface area contributed by atoms with Crippen LogP contribution in [0, 0.1) is 29.0 Å². The summed E-state index contributed by atoms with van der Waals surface area (Å²) in [7, 11) is 0. The number of halogens is 1. The maximum Gasteiger partial charge on any atom is 0.252 e. The molecule has 8 rings (SSSR count). The largest absolute Gasteiger partial charge is 0.390 e. The summed E-state index contributed by atoms with van der Waals surface area (Å²) in [5.74, 6) is 0.994. The smallest absolute Gasteiger partial charge is 0.252 e. The number of aliphatic hydroxyl groups is 1. The SMILES string of the molecule is O=C(Nc1ccccn1)C1=CC=C2N[C@H](c3ccc(NC(=O)C45CC6CC(O)(C[C@H]6C4)C5)cc3F)CCC2C1. The number of anilines is 2. The van der Waals surface area contributed by atoms with Crippen molar-refractivity contribution in [3.63, 3.8) is 0 Å². The number of hydrogen-bond acceptors (Lipinski definition) is 5. The van der Waals surface area contributed by atoms with Gasteiger partial charge in [0.15, 0.2) is 0 Å². The summed E-state index contributed by atoms with van der Waals surface area (Å²) in [6, 6.07) is 10.2. The summed E-state index contributed by atoms with van der Waals surface area (Å²) < 4.78 is 15.3. The molecule has 5 aliphatic carbocycles. The van der Waals surface area contributed by atoms with Gasteiger partial charge in [-0.2, -0.15) is 0 Å². The highest BCUT2D eigenvalue weighted by atomic mass is 19.1. The number of benzene rings is 1. The highest BCUT2D eigenvalue weighted by Crippen LogP contribution is 2.66. The third-order valence-electron chi connectivity index (χ3n) is 9.75. The molecule has 2 amide bonds. The monoisotopic (exact) mass is 528 g/mol. The zero-order valence-electron chi connectivity index (χ0n) is 21.8. The molecule has 2 aromatic rings. The Kier molecular flexibility index (Phi) is 5.67. The third-order valence-corrected chi connectivity index (χ3v) is 9.75. The van der Waals surface area contributed by atoms with Gasteiger partial charge in [-0.15, -0.1) is 0 Å². The molecule has 5 fully saturated rings. The quantitative estimate of drug-likeness (QED) is 0.438. The van der Waals surface area contributed by atoms with Gasteiger partial charge in [-0.05, 0) is 93.5 Å². The van der Waals surface area contributed by atoms with E-state index in [9.17, 15) is 14.7 Å². The lowest BCUT2D eigenvalue weighted by molar-refractivity contribution is -0.134. The van der Waals surface area contributed by atoms with Gasteiger partial charge >= 0.3 is 0 Å². The topological polar surface area (TPSA) is 103 Å². The minimum atomic E-state index is -0.699. The minimum Gasteiger partial charge on any atom is -0.390 e. The maximum absolute atomic E-state index is 15.3. The van der Waals surface area contributed by atoms with Crippen LogP contribution in [0.15, 0.2) is 66.0 Å². The van der Waals surface area contributed by atoms with Crippen molar-refractivity contribution in [2.24, 2.45) is 23.2 Å². The second kappa shape index (κ2) is 9.01. The molecule has 1 aromatic carbocycles. The molecule has 4 unspecified atom stereocenters. The third kappa shape index (κ3) is 4.35. The van der Waals surface area contributed by atoms with Crippen LogP contribution in [0.1, 0.15) is 63.0 Å². The Balaban J connectivity index is 1.01. The molecule has 6 atom stereocenters. The van der Waals surface area contributed by atoms with Gasteiger partial charge in [-0.3, -0.25) is 9.59 Å². The van der Waals surface area contributed by atoms with Crippen LogP contribution < -0.4 is 16.0 Å². The summed E-state index contributed by atoms with van der Waals surface area (Å²) in [5, 5.41) is 20.1. The fourth-order valence-electron chi connectivity index (χ4n) is 8.16. The molecule has 4 bridgehead atoms. The predicted molar refractivity (Wildman–Crippen MR) is 145 cm³/mol. The number of allylic oxidation sites excluding steroid dienone is 3. The Labute approximate surface area is 227 Å². The van der Waals surface area contributed by atoms with E-state index in [-0.39, 0.29) is 29.6 Å². The van der Waals surface area contributed by atoms with Crippen LogP contribution in [0.2, 0.25) is 0 Å². The van der Waals surface area contributed by atoms with E-state index in [4.69, 9.17) is 0 Å². The molecule has 4 N–H and O–H groups in total. The fraction of sp³-hybridized carbons (Fsp3) is 0.452. The second-order valence-corrected chi connectivity index (χ2v) is 12.4. The Hall–Kier alpha value is -3.52. The van der Waals surface area contributed by atoms with E-state index < -0.39 is 11.0 Å². The highest BCUT2D eigenvalue weighted by molar-refractivity contribution is 6.03. The number of aromatic nitrogens is 1. The molecule has 1 saturated heterocycles. The van der Waals surface area contributed by atoms with Gasteiger partial charge in [0.05, 0.1) is 17.1 Å². The lowest BCUT2D eigenvalue weighted by Gasteiger charge is -2.42. The van der Waals surface area contributed by atoms with Crippen molar-refractivity contribution in [1.82, 2.24) is 10.3 Å². The Morgan fingerprint density at radius 2 is 1.85 bits per heavy atom. The molecular weight excluding hydrogens is 495 g/mol. The van der Waals surface area contributed by atoms with Crippen LogP contribution in [0.5, 0.6) is 0 Å². The number of amides is 2. The first kappa shape index (κ1) is 24.5. The van der Waals surface area contributed by atoms with Gasteiger partial charge in [0.1, 0.15) is 11.6 Å². The molecule has 0 spiro atoms. The molecule has 0 radical (unpaired) electrons. The number of piperidine rings is 1. The van der Waals surface area contributed by atoms with Gasteiger partial charge in [-0.1, -0.05) is 18.2 Å². The van der Waals surface area contributed by atoms with Gasteiger partial charge in [0.25, 0.3) is 5.91 Å². The predicted octanol–water partition coefficient (Wildman–Crippen LogP) is 4.99. The summed E-state index contributed by atoms with van der Waals surface area (Å²) in [6.45, 7) is 0. The summed E-state index contributed by atoms with van der Waals surface area (Å²) >= 11 is 0. The Morgan fingerprint density at radius 1 is 1.03 bits per heavy atom. The Bertz CT molecular complexity index is 1390. The number of carbonyl (C=O) groups is 2. The fourth-order valence-corrected chi connectivity index (χ4v) is 8.16. The van der Waals surface area contributed by atoms with E-state index in [0.717, 1.165) is 44.2 Å². The summed E-state index contributed by atoms with van der Waals surface area (Å²) in [4.78, 5) is 30.1. The molecule has 1 aliphatic heterocycles. The van der Waals surface area contributed by atoms with E-state index in [1.54, 1.807) is 30.5 Å². The highest BCUT2D eigenvalue weighted by Gasteiger charge is 2.64. The normalized spacial score (nSPS) is 34.0. The number of nitrogens with one attached hydrogen (secondary N) is 3.